The lowest BCUT2D eigenvalue weighted by atomic mass is 10.1. The number of ether oxygens (including phenoxy) is 1. The van der Waals surface area contributed by atoms with Crippen LogP contribution in [0.2, 0.25) is 0 Å². The van der Waals surface area contributed by atoms with Crippen molar-refractivity contribution in [2.75, 3.05) is 12.4 Å². The van der Waals surface area contributed by atoms with E-state index in [0.29, 0.717) is 12.1 Å². The second-order valence-corrected chi connectivity index (χ2v) is 5.45. The first-order chi connectivity index (χ1) is 10.0. The number of methoxy groups -OCH3 is 1. The lowest BCUT2D eigenvalue weighted by molar-refractivity contribution is 0.0696. The molecule has 2 N–H and O–H groups in total. The van der Waals surface area contributed by atoms with Crippen LogP contribution in [-0.4, -0.2) is 18.2 Å². The van der Waals surface area contributed by atoms with Crippen molar-refractivity contribution in [3.8, 4) is 5.75 Å². The molecule has 0 heterocycles. The van der Waals surface area contributed by atoms with Crippen molar-refractivity contribution in [2.24, 2.45) is 0 Å². The molecule has 0 aliphatic rings. The molecule has 4 nitrogen and oxygen atoms in total. The van der Waals surface area contributed by atoms with Gasteiger partial charge in [0.15, 0.2) is 0 Å². The van der Waals surface area contributed by atoms with Crippen LogP contribution in [0.1, 0.15) is 21.5 Å². The molecule has 0 spiro atoms. The van der Waals surface area contributed by atoms with Gasteiger partial charge in [0.2, 0.25) is 0 Å². The zero-order chi connectivity index (χ0) is 15.4. The number of anilines is 1. The zero-order valence-electron chi connectivity index (χ0n) is 11.8. The van der Waals surface area contributed by atoms with Crippen molar-refractivity contribution in [3.63, 3.8) is 0 Å². The van der Waals surface area contributed by atoms with E-state index >= 15 is 0 Å². The summed E-state index contributed by atoms with van der Waals surface area (Å²) in [4.78, 5) is 11.1. The molecule has 0 amide bonds. The molecule has 110 valence electrons. The van der Waals surface area contributed by atoms with Gasteiger partial charge in [-0.25, -0.2) is 4.79 Å². The van der Waals surface area contributed by atoms with Gasteiger partial charge in [0.05, 0.1) is 12.7 Å². The van der Waals surface area contributed by atoms with Crippen molar-refractivity contribution < 1.29 is 14.6 Å². The van der Waals surface area contributed by atoms with Crippen molar-refractivity contribution in [2.45, 2.75) is 13.5 Å². The van der Waals surface area contributed by atoms with Gasteiger partial charge in [0.25, 0.3) is 0 Å². The molecule has 0 aliphatic carbocycles. The van der Waals surface area contributed by atoms with Gasteiger partial charge in [-0.2, -0.15) is 0 Å². The van der Waals surface area contributed by atoms with Crippen LogP contribution in [0, 0.1) is 6.92 Å². The smallest absolute Gasteiger partial charge is 0.336 e. The van der Waals surface area contributed by atoms with Gasteiger partial charge in [-0.15, -0.1) is 0 Å². The predicted molar refractivity (Wildman–Crippen MR) is 86.2 cm³/mol. The normalized spacial score (nSPS) is 10.2. The van der Waals surface area contributed by atoms with Crippen molar-refractivity contribution >= 4 is 27.6 Å². The summed E-state index contributed by atoms with van der Waals surface area (Å²) < 4.78 is 6.18. The van der Waals surface area contributed by atoms with Crippen molar-refractivity contribution in [1.82, 2.24) is 0 Å². The SMILES string of the molecule is COc1ccc(Br)c(CNc2cccc(C(=O)O)c2C)c1. The number of halogens is 1. The molecule has 5 heteroatoms. The summed E-state index contributed by atoms with van der Waals surface area (Å²) in [7, 11) is 1.63. The summed E-state index contributed by atoms with van der Waals surface area (Å²) in [5.74, 6) is -0.135. The largest absolute Gasteiger partial charge is 0.497 e. The Balaban J connectivity index is 2.21. The van der Waals surface area contributed by atoms with Crippen LogP contribution in [0.3, 0.4) is 0 Å². The van der Waals surface area contributed by atoms with Gasteiger partial charge in [-0.1, -0.05) is 22.0 Å². The number of rotatable bonds is 5. The average Bonchev–Trinajstić information content (AvgIpc) is 2.47. The average molecular weight is 350 g/mol. The minimum absolute atomic E-state index is 0.310. The first-order valence-corrected chi connectivity index (χ1v) is 7.21. The quantitative estimate of drug-likeness (QED) is 0.853. The van der Waals surface area contributed by atoms with Crippen LogP contribution in [-0.2, 0) is 6.54 Å². The van der Waals surface area contributed by atoms with E-state index in [1.807, 2.05) is 24.3 Å². The van der Waals surface area contributed by atoms with E-state index in [0.717, 1.165) is 27.0 Å². The van der Waals surface area contributed by atoms with Crippen LogP contribution in [0.4, 0.5) is 5.69 Å². The lowest BCUT2D eigenvalue weighted by Crippen LogP contribution is -2.06. The van der Waals surface area contributed by atoms with Crippen LogP contribution >= 0.6 is 15.9 Å². The van der Waals surface area contributed by atoms with E-state index in [1.165, 1.54) is 0 Å². The number of aromatic carboxylic acids is 1. The molecule has 2 rings (SSSR count). The fourth-order valence-electron chi connectivity index (χ4n) is 2.06. The molecule has 2 aromatic rings. The van der Waals surface area contributed by atoms with Crippen LogP contribution in [0.15, 0.2) is 40.9 Å². The van der Waals surface area contributed by atoms with Gasteiger partial charge in [0.1, 0.15) is 5.75 Å². The third-order valence-corrected chi connectivity index (χ3v) is 4.06. The highest BCUT2D eigenvalue weighted by molar-refractivity contribution is 9.10. The van der Waals surface area contributed by atoms with Crippen LogP contribution in [0.25, 0.3) is 0 Å². The third-order valence-electron chi connectivity index (χ3n) is 3.29. The second-order valence-electron chi connectivity index (χ2n) is 4.59. The molecule has 0 saturated heterocycles. The van der Waals surface area contributed by atoms with Gasteiger partial charge < -0.3 is 15.2 Å². The highest BCUT2D eigenvalue weighted by Gasteiger charge is 2.10. The second kappa shape index (κ2) is 6.63. The number of hydrogen-bond donors (Lipinski definition) is 2. The number of benzene rings is 2. The molecule has 0 aliphatic heterocycles. The highest BCUT2D eigenvalue weighted by atomic mass is 79.9. The minimum atomic E-state index is -0.918. The molecule has 0 radical (unpaired) electrons. The molecule has 0 aromatic heterocycles. The van der Waals surface area contributed by atoms with Crippen molar-refractivity contribution in [3.05, 3.63) is 57.6 Å². The van der Waals surface area contributed by atoms with Gasteiger partial charge in [-0.3, -0.25) is 0 Å². The number of carbonyl (C=O) groups is 1. The first-order valence-electron chi connectivity index (χ1n) is 6.42. The fraction of sp³-hybridized carbons (Fsp3) is 0.188. The Morgan fingerprint density at radius 1 is 1.33 bits per heavy atom. The summed E-state index contributed by atoms with van der Waals surface area (Å²) in [6.45, 7) is 2.37. The summed E-state index contributed by atoms with van der Waals surface area (Å²) in [5, 5.41) is 12.4. The molecule has 0 bridgehead atoms. The van der Waals surface area contributed by atoms with E-state index in [2.05, 4.69) is 21.2 Å². The lowest BCUT2D eigenvalue weighted by Gasteiger charge is -2.13. The summed E-state index contributed by atoms with van der Waals surface area (Å²) in [5.41, 5.74) is 2.88. The summed E-state index contributed by atoms with van der Waals surface area (Å²) in [6.07, 6.45) is 0. The molecule has 2 aromatic carbocycles. The highest BCUT2D eigenvalue weighted by Crippen LogP contribution is 2.25. The van der Waals surface area contributed by atoms with Crippen molar-refractivity contribution in [1.29, 1.82) is 0 Å². The van der Waals surface area contributed by atoms with Crippen LogP contribution in [0.5, 0.6) is 5.75 Å². The van der Waals surface area contributed by atoms with E-state index < -0.39 is 5.97 Å². The molecular weight excluding hydrogens is 334 g/mol. The van der Waals surface area contributed by atoms with Gasteiger partial charge >= 0.3 is 5.97 Å². The maximum absolute atomic E-state index is 11.1. The van der Waals surface area contributed by atoms with Gasteiger partial charge in [-0.05, 0) is 48.4 Å². The Kier molecular flexibility index (Phi) is 4.85. The Hall–Kier alpha value is -2.01. The number of hydrogen-bond acceptors (Lipinski definition) is 3. The van der Waals surface area contributed by atoms with E-state index in [1.54, 1.807) is 26.2 Å². The maximum Gasteiger partial charge on any atom is 0.336 e. The standard InChI is InChI=1S/C16H16BrNO3/c1-10-13(16(19)20)4-3-5-15(10)18-9-11-8-12(21-2)6-7-14(11)17/h3-8,18H,9H2,1-2H3,(H,19,20). The Bertz CT molecular complexity index is 671. The van der Waals surface area contributed by atoms with E-state index in [-0.39, 0.29) is 0 Å². The van der Waals surface area contributed by atoms with E-state index in [9.17, 15) is 4.79 Å². The summed E-state index contributed by atoms with van der Waals surface area (Å²) in [6, 6.07) is 11.0. The molecule has 0 saturated carbocycles. The Labute approximate surface area is 131 Å². The number of carboxylic acid groups (broad SMARTS) is 1. The Morgan fingerprint density at radius 2 is 2.10 bits per heavy atom. The molecule has 0 unspecified atom stereocenters. The van der Waals surface area contributed by atoms with E-state index in [4.69, 9.17) is 9.84 Å². The minimum Gasteiger partial charge on any atom is -0.497 e. The predicted octanol–water partition coefficient (Wildman–Crippen LogP) is 4.08. The van der Waals surface area contributed by atoms with Gasteiger partial charge in [0, 0.05) is 16.7 Å². The topological polar surface area (TPSA) is 58.6 Å². The number of nitrogens with one attached hydrogen (secondary N) is 1. The zero-order valence-corrected chi connectivity index (χ0v) is 13.4. The monoisotopic (exact) mass is 349 g/mol. The molecule has 0 fully saturated rings. The molecule has 0 atom stereocenters. The maximum atomic E-state index is 11.1. The van der Waals surface area contributed by atoms with Crippen LogP contribution < -0.4 is 10.1 Å². The fourth-order valence-corrected chi connectivity index (χ4v) is 2.45. The third kappa shape index (κ3) is 3.55. The first kappa shape index (κ1) is 15.4. The molecular formula is C16H16BrNO3. The number of carboxylic acids is 1. The molecule has 21 heavy (non-hydrogen) atoms. The summed E-state index contributed by atoms with van der Waals surface area (Å²) >= 11 is 3.50. The Morgan fingerprint density at radius 3 is 2.76 bits per heavy atom.